The normalized spacial score (nSPS) is 10.3. The van der Waals surface area contributed by atoms with E-state index in [0.717, 1.165) is 6.42 Å². The lowest BCUT2D eigenvalue weighted by Gasteiger charge is -2.13. The molecular formula is C5H16BrN. The first kappa shape index (κ1) is 10.4. The topological polar surface area (TPSA) is 26.0 Å². The minimum Gasteiger partial charge on any atom is -0.326 e. The first-order valence-corrected chi connectivity index (χ1v) is 2.35. The molecule has 0 amide bonds. The molecule has 7 heavy (non-hydrogen) atoms. The van der Waals surface area contributed by atoms with Crippen LogP contribution in [-0.2, 0) is 0 Å². The quantitative estimate of drug-likeness (QED) is 0.639. The van der Waals surface area contributed by atoms with E-state index in [2.05, 4.69) is 6.92 Å². The smallest absolute Gasteiger partial charge is 0.00944 e. The number of hydrogen-bond acceptors (Lipinski definition) is 1. The fourth-order valence-electron chi connectivity index (χ4n) is 0. The summed E-state index contributed by atoms with van der Waals surface area (Å²) in [7, 11) is 0. The van der Waals surface area contributed by atoms with Crippen molar-refractivity contribution < 1.29 is 1.43 Å². The van der Waals surface area contributed by atoms with Crippen LogP contribution in [0, 0.1) is 0 Å². The molecule has 1 nitrogen and oxygen atoms in total. The zero-order chi connectivity index (χ0) is 5.21. The van der Waals surface area contributed by atoms with Crippen LogP contribution in [0.3, 0.4) is 0 Å². The van der Waals surface area contributed by atoms with Gasteiger partial charge in [-0.3, -0.25) is 0 Å². The van der Waals surface area contributed by atoms with Crippen molar-refractivity contribution in [3.63, 3.8) is 0 Å². The maximum Gasteiger partial charge on any atom is 0.00944 e. The van der Waals surface area contributed by atoms with Gasteiger partial charge in [0.2, 0.25) is 0 Å². The summed E-state index contributed by atoms with van der Waals surface area (Å²) in [5, 5.41) is 0. The van der Waals surface area contributed by atoms with Crippen LogP contribution in [-0.4, -0.2) is 5.54 Å². The van der Waals surface area contributed by atoms with Crippen LogP contribution < -0.4 is 5.73 Å². The summed E-state index contributed by atoms with van der Waals surface area (Å²) in [5.74, 6) is 0. The second kappa shape index (κ2) is 3.44. The minimum atomic E-state index is 0. The largest absolute Gasteiger partial charge is 0.326 e. The molecule has 2 heteroatoms. The second-order valence-electron chi connectivity index (χ2n) is 2.34. The zero-order valence-corrected chi connectivity index (χ0v) is 6.91. The van der Waals surface area contributed by atoms with Gasteiger partial charge in [-0.2, -0.15) is 0 Å². The van der Waals surface area contributed by atoms with Gasteiger partial charge in [0.05, 0.1) is 0 Å². The van der Waals surface area contributed by atoms with Gasteiger partial charge in [-0.05, 0) is 20.3 Å². The third kappa shape index (κ3) is 10.7. The minimum absolute atomic E-state index is 0. The third-order valence-electron chi connectivity index (χ3n) is 0.911. The fraction of sp³-hybridized carbons (Fsp3) is 1.00. The predicted molar refractivity (Wildman–Crippen MR) is 41.0 cm³/mol. The Labute approximate surface area is 57.5 Å². The van der Waals surface area contributed by atoms with E-state index in [-0.39, 0.29) is 23.9 Å². The van der Waals surface area contributed by atoms with Gasteiger partial charge in [0.1, 0.15) is 0 Å². The van der Waals surface area contributed by atoms with Gasteiger partial charge in [-0.1, -0.05) is 6.92 Å². The van der Waals surface area contributed by atoms with E-state index in [1.54, 1.807) is 0 Å². The molecule has 0 aliphatic carbocycles. The van der Waals surface area contributed by atoms with Crippen molar-refractivity contribution in [1.29, 1.82) is 0 Å². The van der Waals surface area contributed by atoms with Crippen molar-refractivity contribution >= 4 is 17.0 Å². The lowest BCUT2D eigenvalue weighted by atomic mass is 10.1. The highest BCUT2D eigenvalue weighted by Crippen LogP contribution is 1.99. The zero-order valence-electron chi connectivity index (χ0n) is 5.19. The Morgan fingerprint density at radius 2 is 1.71 bits per heavy atom. The van der Waals surface area contributed by atoms with Crippen LogP contribution in [0.5, 0.6) is 0 Å². The Balaban J connectivity index is -0.000000125. The highest BCUT2D eigenvalue weighted by molar-refractivity contribution is 8.93. The molecule has 0 aliphatic heterocycles. The molecule has 0 spiro atoms. The maximum atomic E-state index is 5.53. The van der Waals surface area contributed by atoms with Crippen LogP contribution in [0.2, 0.25) is 0 Å². The molecule has 48 valence electrons. The SMILES string of the molecule is Br.CCC(C)(C)N.[HH]. The first-order chi connectivity index (χ1) is 2.56. The van der Waals surface area contributed by atoms with E-state index >= 15 is 0 Å². The van der Waals surface area contributed by atoms with Crippen molar-refractivity contribution in [2.24, 2.45) is 5.73 Å². The van der Waals surface area contributed by atoms with Gasteiger partial charge >= 0.3 is 0 Å². The molecule has 2 N–H and O–H groups in total. The van der Waals surface area contributed by atoms with Crippen molar-refractivity contribution in [3.05, 3.63) is 0 Å². The second-order valence-corrected chi connectivity index (χ2v) is 2.34. The lowest BCUT2D eigenvalue weighted by Crippen LogP contribution is -2.30. The number of rotatable bonds is 1. The van der Waals surface area contributed by atoms with Crippen molar-refractivity contribution in [2.45, 2.75) is 32.7 Å². The van der Waals surface area contributed by atoms with E-state index in [9.17, 15) is 0 Å². The molecular weight excluding hydrogens is 154 g/mol. The summed E-state index contributed by atoms with van der Waals surface area (Å²) < 4.78 is 0. The van der Waals surface area contributed by atoms with Crippen LogP contribution in [0.15, 0.2) is 0 Å². The van der Waals surface area contributed by atoms with E-state index < -0.39 is 0 Å². The summed E-state index contributed by atoms with van der Waals surface area (Å²) in [5.41, 5.74) is 5.58. The van der Waals surface area contributed by atoms with Gasteiger partial charge < -0.3 is 5.73 Å². The summed E-state index contributed by atoms with van der Waals surface area (Å²) >= 11 is 0. The van der Waals surface area contributed by atoms with Crippen LogP contribution in [0.4, 0.5) is 0 Å². The summed E-state index contributed by atoms with van der Waals surface area (Å²) in [6.07, 6.45) is 1.05. The monoisotopic (exact) mass is 169 g/mol. The molecule has 0 unspecified atom stereocenters. The highest BCUT2D eigenvalue weighted by Gasteiger charge is 2.03. The average molecular weight is 170 g/mol. The molecule has 0 saturated heterocycles. The van der Waals surface area contributed by atoms with Crippen molar-refractivity contribution in [3.8, 4) is 0 Å². The van der Waals surface area contributed by atoms with Crippen LogP contribution in [0.25, 0.3) is 0 Å². The average Bonchev–Trinajstić information content (AvgIpc) is 1.35. The molecule has 0 heterocycles. The van der Waals surface area contributed by atoms with Crippen LogP contribution in [0.1, 0.15) is 28.6 Å². The molecule has 0 aromatic carbocycles. The van der Waals surface area contributed by atoms with Gasteiger partial charge in [-0.25, -0.2) is 0 Å². The Bertz CT molecular complexity index is 42.2. The molecule has 0 fully saturated rings. The maximum absolute atomic E-state index is 5.53. The number of nitrogens with two attached hydrogens (primary N) is 1. The fourth-order valence-corrected chi connectivity index (χ4v) is 0. The van der Waals surface area contributed by atoms with Gasteiger partial charge in [0, 0.05) is 6.97 Å². The number of halogens is 1. The van der Waals surface area contributed by atoms with Gasteiger partial charge in [-0.15, -0.1) is 17.0 Å². The van der Waals surface area contributed by atoms with E-state index in [1.165, 1.54) is 0 Å². The molecule has 0 atom stereocenters. The highest BCUT2D eigenvalue weighted by atomic mass is 79.9. The standard InChI is InChI=1S/C5H13N.BrH.H2/c1-4-5(2,3)6;;/h4,6H2,1-3H3;2*1H. The first-order valence-electron chi connectivity index (χ1n) is 2.35. The van der Waals surface area contributed by atoms with Gasteiger partial charge in [0.15, 0.2) is 0 Å². The predicted octanol–water partition coefficient (Wildman–Crippen LogP) is 1.96. The third-order valence-corrected chi connectivity index (χ3v) is 0.911. The lowest BCUT2D eigenvalue weighted by molar-refractivity contribution is 0.501. The molecule has 0 aliphatic rings. The van der Waals surface area contributed by atoms with E-state index in [1.807, 2.05) is 13.8 Å². The van der Waals surface area contributed by atoms with Crippen molar-refractivity contribution in [2.75, 3.05) is 0 Å². The summed E-state index contributed by atoms with van der Waals surface area (Å²) in [4.78, 5) is 0. The Morgan fingerprint density at radius 3 is 1.71 bits per heavy atom. The molecule has 0 aromatic heterocycles. The van der Waals surface area contributed by atoms with Crippen LogP contribution >= 0.6 is 17.0 Å². The van der Waals surface area contributed by atoms with E-state index in [0.29, 0.717) is 0 Å². The Morgan fingerprint density at radius 1 is 1.57 bits per heavy atom. The Hall–Kier alpha value is 0.440. The van der Waals surface area contributed by atoms with E-state index in [4.69, 9.17) is 5.73 Å². The number of hydrogen-bond donors (Lipinski definition) is 1. The Kier molecular flexibility index (Phi) is 5.13. The molecule has 0 saturated carbocycles. The summed E-state index contributed by atoms with van der Waals surface area (Å²) in [6.45, 7) is 6.12. The van der Waals surface area contributed by atoms with Crippen molar-refractivity contribution in [1.82, 2.24) is 0 Å². The summed E-state index contributed by atoms with van der Waals surface area (Å²) in [6, 6.07) is 0. The molecule has 0 aromatic rings. The molecule has 0 radical (unpaired) electrons. The molecule has 0 rings (SSSR count). The molecule has 0 bridgehead atoms. The van der Waals surface area contributed by atoms with Gasteiger partial charge in [0.25, 0.3) is 0 Å².